The van der Waals surface area contributed by atoms with Crippen LogP contribution in [-0.4, -0.2) is 66.8 Å². The number of hydrogen-bond donors (Lipinski definition) is 2. The summed E-state index contributed by atoms with van der Waals surface area (Å²) in [7, 11) is 1.47. The van der Waals surface area contributed by atoms with Crippen LogP contribution in [0.4, 0.5) is 15.8 Å². The Bertz CT molecular complexity index is 1840. The largest absolute Gasteiger partial charge is 0.367 e. The van der Waals surface area contributed by atoms with Crippen molar-refractivity contribution in [1.29, 1.82) is 0 Å². The SMILES string of the molecule is CNC(=O)c1cn(C2CC2)c2cc(N3CCN(CC(=O)Nc4ccc(C(=O)/C=C/c5ccccc5)cc4)CC3)c(F)cc2c1=O. The van der Waals surface area contributed by atoms with Gasteiger partial charge in [0.15, 0.2) is 5.78 Å². The highest BCUT2D eigenvalue weighted by molar-refractivity contribution is 6.07. The van der Waals surface area contributed by atoms with Crippen molar-refractivity contribution in [3.63, 3.8) is 0 Å². The van der Waals surface area contributed by atoms with Gasteiger partial charge in [0, 0.05) is 62.1 Å². The third-order valence-electron chi connectivity index (χ3n) is 8.27. The molecular formula is C35H34FN5O4. The first kappa shape index (κ1) is 30.0. The number of halogens is 1. The maximum absolute atomic E-state index is 15.4. The average molecular weight is 608 g/mol. The summed E-state index contributed by atoms with van der Waals surface area (Å²) in [5, 5.41) is 5.58. The van der Waals surface area contributed by atoms with E-state index in [1.807, 2.05) is 44.7 Å². The second kappa shape index (κ2) is 12.9. The van der Waals surface area contributed by atoms with Crippen LogP contribution in [0.3, 0.4) is 0 Å². The summed E-state index contributed by atoms with van der Waals surface area (Å²) < 4.78 is 17.3. The van der Waals surface area contributed by atoms with Gasteiger partial charge < -0.3 is 20.1 Å². The lowest BCUT2D eigenvalue weighted by molar-refractivity contribution is -0.117. The van der Waals surface area contributed by atoms with Gasteiger partial charge in [-0.25, -0.2) is 4.39 Å². The molecule has 2 amide bonds. The minimum absolute atomic E-state index is 0.0105. The number of carbonyl (C=O) groups is 3. The molecule has 6 rings (SSSR count). The minimum Gasteiger partial charge on any atom is -0.367 e. The Balaban J connectivity index is 1.06. The number of aromatic nitrogens is 1. The highest BCUT2D eigenvalue weighted by Gasteiger charge is 2.28. The quantitative estimate of drug-likeness (QED) is 0.215. The van der Waals surface area contributed by atoms with E-state index in [-0.39, 0.29) is 35.2 Å². The molecule has 4 aromatic rings. The summed E-state index contributed by atoms with van der Waals surface area (Å²) >= 11 is 0. The van der Waals surface area contributed by atoms with Gasteiger partial charge in [0.05, 0.1) is 17.7 Å². The molecule has 0 unspecified atom stereocenters. The summed E-state index contributed by atoms with van der Waals surface area (Å²) in [6, 6.07) is 19.5. The Labute approximate surface area is 259 Å². The Hall–Kier alpha value is -5.09. The van der Waals surface area contributed by atoms with Crippen LogP contribution in [0.15, 0.2) is 83.8 Å². The number of fused-ring (bicyclic) bond motifs is 1. The number of piperazine rings is 1. The molecular weight excluding hydrogens is 573 g/mol. The minimum atomic E-state index is -0.514. The van der Waals surface area contributed by atoms with Crippen molar-refractivity contribution in [2.45, 2.75) is 18.9 Å². The number of nitrogens with one attached hydrogen (secondary N) is 2. The molecule has 0 bridgehead atoms. The van der Waals surface area contributed by atoms with Gasteiger partial charge in [-0.15, -0.1) is 0 Å². The van der Waals surface area contributed by atoms with Gasteiger partial charge in [-0.3, -0.25) is 24.1 Å². The number of amides is 2. The molecule has 1 aliphatic carbocycles. The molecule has 230 valence electrons. The number of rotatable bonds is 9. The summed E-state index contributed by atoms with van der Waals surface area (Å²) in [6.07, 6.45) is 6.76. The third-order valence-corrected chi connectivity index (χ3v) is 8.27. The van der Waals surface area contributed by atoms with E-state index in [0.29, 0.717) is 48.6 Å². The molecule has 45 heavy (non-hydrogen) atoms. The van der Waals surface area contributed by atoms with E-state index in [1.165, 1.54) is 19.2 Å². The van der Waals surface area contributed by atoms with Crippen molar-refractivity contribution in [2.24, 2.45) is 0 Å². The van der Waals surface area contributed by atoms with Gasteiger partial charge in [0.1, 0.15) is 11.4 Å². The molecule has 0 spiro atoms. The molecule has 2 N–H and O–H groups in total. The van der Waals surface area contributed by atoms with Gasteiger partial charge in [-0.05, 0) is 60.9 Å². The van der Waals surface area contributed by atoms with Crippen LogP contribution < -0.4 is 21.0 Å². The number of pyridine rings is 1. The predicted octanol–water partition coefficient (Wildman–Crippen LogP) is 4.49. The lowest BCUT2D eigenvalue weighted by atomic mass is 10.1. The van der Waals surface area contributed by atoms with E-state index in [0.717, 1.165) is 18.4 Å². The van der Waals surface area contributed by atoms with Crippen molar-refractivity contribution in [3.8, 4) is 0 Å². The van der Waals surface area contributed by atoms with Crippen LogP contribution in [0.2, 0.25) is 0 Å². The molecule has 1 saturated carbocycles. The van der Waals surface area contributed by atoms with E-state index in [4.69, 9.17) is 0 Å². The third kappa shape index (κ3) is 6.71. The van der Waals surface area contributed by atoms with E-state index in [9.17, 15) is 19.2 Å². The van der Waals surface area contributed by atoms with Crippen LogP contribution >= 0.6 is 0 Å². The lowest BCUT2D eigenvalue weighted by Crippen LogP contribution is -2.49. The van der Waals surface area contributed by atoms with Crippen molar-refractivity contribution in [3.05, 3.63) is 112 Å². The normalized spacial score (nSPS) is 15.4. The standard InChI is InChI=1S/C35H34FN5O4/c1-37-35(45)28-21-41(26-12-13-26)30-20-31(29(36)19-27(30)34(28)44)40-17-15-39(16-18-40)22-33(43)38-25-10-8-24(9-11-25)32(42)14-7-23-5-3-2-4-6-23/h2-11,14,19-21,26H,12-13,15-18,22H2,1H3,(H,37,45)(H,38,43)/b14-7+. The first-order valence-corrected chi connectivity index (χ1v) is 15.1. The van der Waals surface area contributed by atoms with Gasteiger partial charge in [0.2, 0.25) is 11.3 Å². The van der Waals surface area contributed by atoms with Crippen LogP contribution in [0, 0.1) is 5.82 Å². The summed E-state index contributed by atoms with van der Waals surface area (Å²) in [5.74, 6) is -1.30. The highest BCUT2D eigenvalue weighted by atomic mass is 19.1. The molecule has 3 aromatic carbocycles. The van der Waals surface area contributed by atoms with Crippen LogP contribution in [-0.2, 0) is 4.79 Å². The van der Waals surface area contributed by atoms with Gasteiger partial charge in [0.25, 0.3) is 5.91 Å². The zero-order valence-electron chi connectivity index (χ0n) is 25.0. The summed E-state index contributed by atoms with van der Waals surface area (Å²) in [6.45, 7) is 2.30. The Kier molecular flexibility index (Phi) is 8.57. The van der Waals surface area contributed by atoms with Crippen molar-refractivity contribution >= 4 is 46.0 Å². The fourth-order valence-electron chi connectivity index (χ4n) is 5.65. The van der Waals surface area contributed by atoms with E-state index >= 15 is 4.39 Å². The van der Waals surface area contributed by atoms with Crippen molar-refractivity contribution in [2.75, 3.05) is 50.0 Å². The summed E-state index contributed by atoms with van der Waals surface area (Å²) in [5.41, 5.74) is 2.62. The maximum Gasteiger partial charge on any atom is 0.256 e. The number of nitrogens with zero attached hydrogens (tertiary/aromatic N) is 3. The first-order chi connectivity index (χ1) is 21.8. The smallest absolute Gasteiger partial charge is 0.256 e. The topological polar surface area (TPSA) is 104 Å². The Morgan fingerprint density at radius 1 is 0.956 bits per heavy atom. The van der Waals surface area contributed by atoms with E-state index < -0.39 is 17.2 Å². The zero-order valence-corrected chi connectivity index (χ0v) is 25.0. The van der Waals surface area contributed by atoms with Gasteiger partial charge in [-0.2, -0.15) is 0 Å². The number of allylic oxidation sites excluding steroid dienone is 1. The van der Waals surface area contributed by atoms with E-state index in [1.54, 1.807) is 42.6 Å². The average Bonchev–Trinajstić information content (AvgIpc) is 3.90. The first-order valence-electron chi connectivity index (χ1n) is 15.1. The van der Waals surface area contributed by atoms with Gasteiger partial charge in [-0.1, -0.05) is 36.4 Å². The molecule has 2 aliphatic rings. The number of carbonyl (C=O) groups excluding carboxylic acids is 3. The number of benzene rings is 3. The predicted molar refractivity (Wildman–Crippen MR) is 173 cm³/mol. The fraction of sp³-hybridized carbons (Fsp3) is 0.257. The number of anilines is 2. The van der Waals surface area contributed by atoms with Crippen molar-refractivity contribution < 1.29 is 18.8 Å². The highest BCUT2D eigenvalue weighted by Crippen LogP contribution is 2.38. The molecule has 1 aliphatic heterocycles. The zero-order chi connectivity index (χ0) is 31.5. The molecule has 9 nitrogen and oxygen atoms in total. The van der Waals surface area contributed by atoms with Crippen LogP contribution in [0.25, 0.3) is 17.0 Å². The maximum atomic E-state index is 15.4. The summed E-state index contributed by atoms with van der Waals surface area (Å²) in [4.78, 5) is 54.6. The molecule has 0 radical (unpaired) electrons. The second-order valence-electron chi connectivity index (χ2n) is 11.4. The molecule has 2 heterocycles. The molecule has 1 saturated heterocycles. The fourth-order valence-corrected chi connectivity index (χ4v) is 5.65. The van der Waals surface area contributed by atoms with Crippen LogP contribution in [0.1, 0.15) is 45.2 Å². The number of ketones is 1. The lowest BCUT2D eigenvalue weighted by Gasteiger charge is -2.36. The molecule has 1 aromatic heterocycles. The van der Waals surface area contributed by atoms with Crippen LogP contribution in [0.5, 0.6) is 0 Å². The van der Waals surface area contributed by atoms with Gasteiger partial charge >= 0.3 is 0 Å². The van der Waals surface area contributed by atoms with E-state index in [2.05, 4.69) is 10.6 Å². The Morgan fingerprint density at radius 3 is 2.33 bits per heavy atom. The van der Waals surface area contributed by atoms with Crippen molar-refractivity contribution in [1.82, 2.24) is 14.8 Å². The molecule has 10 heteroatoms. The second-order valence-corrected chi connectivity index (χ2v) is 11.4. The molecule has 2 fully saturated rings. The Morgan fingerprint density at radius 2 is 1.67 bits per heavy atom. The number of hydrogen-bond acceptors (Lipinski definition) is 6. The monoisotopic (exact) mass is 607 g/mol. The molecule has 0 atom stereocenters.